The molecule has 96 valence electrons. The van der Waals surface area contributed by atoms with Gasteiger partial charge in [-0.1, -0.05) is 29.8 Å². The summed E-state index contributed by atoms with van der Waals surface area (Å²) in [4.78, 5) is 24.0. The summed E-state index contributed by atoms with van der Waals surface area (Å²) in [7, 11) is 1.35. The Balaban J connectivity index is 2.28. The van der Waals surface area contributed by atoms with Gasteiger partial charge in [0.2, 0.25) is 0 Å². The summed E-state index contributed by atoms with van der Waals surface area (Å²) in [5.74, 6) is -0.361. The van der Waals surface area contributed by atoms with E-state index in [0.717, 1.165) is 12.0 Å². The summed E-state index contributed by atoms with van der Waals surface area (Å²) in [5, 5.41) is 0. The molecule has 3 nitrogen and oxygen atoms in total. The number of carbonyl (C=O) groups is 2. The molecule has 18 heavy (non-hydrogen) atoms. The van der Waals surface area contributed by atoms with Gasteiger partial charge < -0.3 is 4.74 Å². The van der Waals surface area contributed by atoms with Gasteiger partial charge >= 0.3 is 5.97 Å². The lowest BCUT2D eigenvalue weighted by molar-refractivity contribution is -0.156. The third-order valence-electron chi connectivity index (χ3n) is 3.74. The van der Waals surface area contributed by atoms with Crippen molar-refractivity contribution in [1.82, 2.24) is 0 Å². The molecule has 0 bridgehead atoms. The van der Waals surface area contributed by atoms with Crippen molar-refractivity contribution in [2.24, 2.45) is 5.41 Å². The monoisotopic (exact) mass is 246 g/mol. The maximum atomic E-state index is 12.1. The predicted octanol–water partition coefficient (Wildman–Crippen LogP) is 2.45. The van der Waals surface area contributed by atoms with Crippen LogP contribution in [0.1, 0.15) is 30.4 Å². The minimum Gasteiger partial charge on any atom is -0.468 e. The molecule has 0 amide bonds. The summed E-state index contributed by atoms with van der Waals surface area (Å²) in [6.07, 6.45) is 2.33. The Kier molecular flexibility index (Phi) is 3.50. The molecule has 1 aliphatic carbocycles. The smallest absolute Gasteiger partial charge is 0.319 e. The van der Waals surface area contributed by atoms with E-state index in [2.05, 4.69) is 0 Å². The molecule has 1 fully saturated rings. The molecule has 1 aromatic rings. The molecule has 0 heterocycles. The second-order valence-electron chi connectivity index (χ2n) is 5.01. The van der Waals surface area contributed by atoms with Crippen LogP contribution in [0.2, 0.25) is 0 Å². The normalized spacial score (nSPS) is 23.1. The zero-order valence-corrected chi connectivity index (χ0v) is 10.9. The van der Waals surface area contributed by atoms with Crippen LogP contribution in [0.25, 0.3) is 0 Å². The van der Waals surface area contributed by atoms with E-state index in [1.807, 2.05) is 31.2 Å². The van der Waals surface area contributed by atoms with Gasteiger partial charge in [0, 0.05) is 6.42 Å². The van der Waals surface area contributed by atoms with E-state index in [4.69, 9.17) is 4.74 Å². The Morgan fingerprint density at radius 1 is 1.33 bits per heavy atom. The number of ether oxygens (including phenoxy) is 1. The average Bonchev–Trinajstić information content (AvgIpc) is 2.74. The van der Waals surface area contributed by atoms with Crippen LogP contribution < -0.4 is 0 Å². The van der Waals surface area contributed by atoms with Gasteiger partial charge in [-0.25, -0.2) is 0 Å². The molecule has 0 N–H and O–H groups in total. The van der Waals surface area contributed by atoms with E-state index in [1.54, 1.807) is 0 Å². The number of benzene rings is 1. The standard InChI is InChI=1S/C15H18O3/c1-11-5-7-12(8-6-11)10-15(14(17)18-2)9-3-4-13(15)16/h5-8H,3-4,9-10H2,1-2H3. The fourth-order valence-corrected chi connectivity index (χ4v) is 2.65. The zero-order valence-electron chi connectivity index (χ0n) is 10.9. The number of rotatable bonds is 3. The van der Waals surface area contributed by atoms with E-state index in [0.29, 0.717) is 19.3 Å². The van der Waals surface area contributed by atoms with E-state index >= 15 is 0 Å². The molecular formula is C15H18O3. The molecule has 0 spiro atoms. The molecule has 1 aromatic carbocycles. The zero-order chi connectivity index (χ0) is 13.2. The average molecular weight is 246 g/mol. The number of Topliss-reactive ketones (excluding diaryl/α,β-unsaturated/α-hetero) is 1. The van der Waals surface area contributed by atoms with Crippen LogP contribution in [0.15, 0.2) is 24.3 Å². The molecule has 1 unspecified atom stereocenters. The molecule has 0 radical (unpaired) electrons. The van der Waals surface area contributed by atoms with Gasteiger partial charge in [0.25, 0.3) is 0 Å². The third kappa shape index (κ3) is 2.17. The van der Waals surface area contributed by atoms with Crippen LogP contribution in [0.5, 0.6) is 0 Å². The SMILES string of the molecule is COC(=O)C1(Cc2ccc(C)cc2)CCCC1=O. The van der Waals surface area contributed by atoms with Crippen molar-refractivity contribution in [2.45, 2.75) is 32.6 Å². The molecule has 3 heteroatoms. The van der Waals surface area contributed by atoms with Crippen LogP contribution in [0.4, 0.5) is 0 Å². The van der Waals surface area contributed by atoms with E-state index in [1.165, 1.54) is 12.7 Å². The highest BCUT2D eigenvalue weighted by molar-refractivity contribution is 6.05. The van der Waals surface area contributed by atoms with E-state index < -0.39 is 5.41 Å². The van der Waals surface area contributed by atoms with Gasteiger partial charge in [-0.05, 0) is 31.7 Å². The molecular weight excluding hydrogens is 228 g/mol. The van der Waals surface area contributed by atoms with Crippen molar-refractivity contribution in [3.63, 3.8) is 0 Å². The molecule has 0 aliphatic heterocycles. The first-order chi connectivity index (χ1) is 8.58. The Morgan fingerprint density at radius 2 is 2.00 bits per heavy atom. The van der Waals surface area contributed by atoms with Gasteiger partial charge in [-0.3, -0.25) is 9.59 Å². The summed E-state index contributed by atoms with van der Waals surface area (Å²) in [6.45, 7) is 2.01. The van der Waals surface area contributed by atoms with Crippen molar-refractivity contribution >= 4 is 11.8 Å². The maximum absolute atomic E-state index is 12.1. The summed E-state index contributed by atoms with van der Waals surface area (Å²) in [5.41, 5.74) is 1.24. The van der Waals surface area contributed by atoms with Crippen LogP contribution in [-0.4, -0.2) is 18.9 Å². The molecule has 1 atom stereocenters. The molecule has 0 saturated heterocycles. The van der Waals surface area contributed by atoms with Crippen molar-refractivity contribution in [1.29, 1.82) is 0 Å². The topological polar surface area (TPSA) is 43.4 Å². The van der Waals surface area contributed by atoms with Gasteiger partial charge in [0.15, 0.2) is 5.78 Å². The highest BCUT2D eigenvalue weighted by Gasteiger charge is 2.49. The van der Waals surface area contributed by atoms with Crippen LogP contribution in [-0.2, 0) is 20.7 Å². The first kappa shape index (κ1) is 12.8. The summed E-state index contributed by atoms with van der Waals surface area (Å²) in [6, 6.07) is 7.96. The van der Waals surface area contributed by atoms with Crippen LogP contribution in [0, 0.1) is 12.3 Å². The van der Waals surface area contributed by atoms with Crippen molar-refractivity contribution < 1.29 is 14.3 Å². The quantitative estimate of drug-likeness (QED) is 0.607. The van der Waals surface area contributed by atoms with Gasteiger partial charge in [0.1, 0.15) is 5.41 Å². The molecule has 2 rings (SSSR count). The summed E-state index contributed by atoms with van der Waals surface area (Å²) >= 11 is 0. The minimum absolute atomic E-state index is 0.0231. The number of ketones is 1. The minimum atomic E-state index is -0.940. The number of hydrogen-bond acceptors (Lipinski definition) is 3. The lowest BCUT2D eigenvalue weighted by Crippen LogP contribution is -2.38. The third-order valence-corrected chi connectivity index (χ3v) is 3.74. The van der Waals surface area contributed by atoms with Crippen LogP contribution in [0.3, 0.4) is 0 Å². The Hall–Kier alpha value is -1.64. The van der Waals surface area contributed by atoms with Crippen molar-refractivity contribution in [3.05, 3.63) is 35.4 Å². The fourth-order valence-electron chi connectivity index (χ4n) is 2.65. The number of aryl methyl sites for hydroxylation is 1. The Bertz CT molecular complexity index is 461. The first-order valence-corrected chi connectivity index (χ1v) is 6.26. The number of methoxy groups -OCH3 is 1. The highest BCUT2D eigenvalue weighted by Crippen LogP contribution is 2.39. The number of carbonyl (C=O) groups excluding carboxylic acids is 2. The molecule has 1 saturated carbocycles. The predicted molar refractivity (Wildman–Crippen MR) is 68.2 cm³/mol. The lowest BCUT2D eigenvalue weighted by atomic mass is 9.79. The second-order valence-corrected chi connectivity index (χ2v) is 5.01. The van der Waals surface area contributed by atoms with E-state index in [9.17, 15) is 9.59 Å². The molecule has 1 aliphatic rings. The highest BCUT2D eigenvalue weighted by atomic mass is 16.5. The number of hydrogen-bond donors (Lipinski definition) is 0. The summed E-state index contributed by atoms with van der Waals surface area (Å²) < 4.78 is 4.84. The van der Waals surface area contributed by atoms with Gasteiger partial charge in [-0.2, -0.15) is 0 Å². The largest absolute Gasteiger partial charge is 0.468 e. The second kappa shape index (κ2) is 4.92. The van der Waals surface area contributed by atoms with Gasteiger partial charge in [-0.15, -0.1) is 0 Å². The first-order valence-electron chi connectivity index (χ1n) is 6.26. The van der Waals surface area contributed by atoms with Crippen molar-refractivity contribution in [2.75, 3.05) is 7.11 Å². The van der Waals surface area contributed by atoms with Crippen LogP contribution >= 0.6 is 0 Å². The Labute approximate surface area is 107 Å². The maximum Gasteiger partial charge on any atom is 0.319 e. The lowest BCUT2D eigenvalue weighted by Gasteiger charge is -2.24. The molecule has 0 aromatic heterocycles. The van der Waals surface area contributed by atoms with Crippen molar-refractivity contribution in [3.8, 4) is 0 Å². The number of esters is 1. The van der Waals surface area contributed by atoms with Gasteiger partial charge in [0.05, 0.1) is 7.11 Å². The Morgan fingerprint density at radius 3 is 2.50 bits per heavy atom. The fraction of sp³-hybridized carbons (Fsp3) is 0.467. The van der Waals surface area contributed by atoms with E-state index in [-0.39, 0.29) is 11.8 Å².